The van der Waals surface area contributed by atoms with Gasteiger partial charge in [0.05, 0.1) is 7.11 Å². The lowest BCUT2D eigenvalue weighted by atomic mass is 10.1. The number of carbonyl (C=O) groups excluding carboxylic acids is 2. The van der Waals surface area contributed by atoms with E-state index in [2.05, 4.69) is 16.6 Å². The Bertz CT molecular complexity index is 229. The Morgan fingerprint density at radius 2 is 2.27 bits per heavy atom. The van der Waals surface area contributed by atoms with E-state index in [1.165, 1.54) is 7.11 Å². The number of rotatable bonds is 7. The van der Waals surface area contributed by atoms with E-state index in [-0.39, 0.29) is 12.3 Å². The molecule has 0 aliphatic rings. The van der Waals surface area contributed by atoms with E-state index < -0.39 is 12.0 Å². The van der Waals surface area contributed by atoms with Gasteiger partial charge in [0.2, 0.25) is 5.91 Å². The maximum atomic E-state index is 11.2. The fraction of sp³-hybridized carbons (Fsp3) is 0.600. The zero-order chi connectivity index (χ0) is 11.7. The Kier molecular flexibility index (Phi) is 7.27. The van der Waals surface area contributed by atoms with Crippen LogP contribution in [0.3, 0.4) is 0 Å². The van der Waals surface area contributed by atoms with Gasteiger partial charge in [0, 0.05) is 13.0 Å². The summed E-state index contributed by atoms with van der Waals surface area (Å²) in [5.74, 6) is -0.606. The number of ether oxygens (including phenoxy) is 1. The third-order valence-electron chi connectivity index (χ3n) is 1.86. The number of methoxy groups -OCH3 is 1. The van der Waals surface area contributed by atoms with E-state index in [0.29, 0.717) is 13.0 Å². The monoisotopic (exact) mass is 214 g/mol. The zero-order valence-electron chi connectivity index (χ0n) is 8.99. The predicted octanol–water partition coefficient (Wildman–Crippen LogP) is -0.0408. The normalized spacial score (nSPS) is 11.6. The largest absolute Gasteiger partial charge is 0.468 e. The van der Waals surface area contributed by atoms with Crippen molar-refractivity contribution < 1.29 is 14.3 Å². The van der Waals surface area contributed by atoms with Crippen LogP contribution in [0.4, 0.5) is 0 Å². The average molecular weight is 214 g/mol. The maximum absolute atomic E-state index is 11.2. The lowest BCUT2D eigenvalue weighted by Gasteiger charge is -2.08. The highest BCUT2D eigenvalue weighted by Gasteiger charge is 2.14. The summed E-state index contributed by atoms with van der Waals surface area (Å²) in [6, 6.07) is -0.722. The highest BCUT2D eigenvalue weighted by atomic mass is 16.5. The first-order chi connectivity index (χ1) is 7.11. The smallest absolute Gasteiger partial charge is 0.322 e. The number of hydrogen-bond donors (Lipinski definition) is 2. The molecule has 0 aliphatic heterocycles. The van der Waals surface area contributed by atoms with Crippen LogP contribution in [0.5, 0.6) is 0 Å². The van der Waals surface area contributed by atoms with Gasteiger partial charge in [-0.2, -0.15) is 0 Å². The van der Waals surface area contributed by atoms with Crippen molar-refractivity contribution in [3.63, 3.8) is 0 Å². The molecule has 1 atom stereocenters. The van der Waals surface area contributed by atoms with E-state index in [1.54, 1.807) is 6.08 Å². The standard InChI is InChI=1S/C10H18N2O3/c1-3-4-7-12-9(13)6-5-8(11)10(14)15-2/h3,8H,1,4-7,11H2,2H3,(H,12,13)/t8-/m0/s1. The molecule has 0 aliphatic carbocycles. The van der Waals surface area contributed by atoms with E-state index in [1.807, 2.05) is 0 Å². The summed E-state index contributed by atoms with van der Waals surface area (Å²) in [5.41, 5.74) is 5.46. The Labute approximate surface area is 89.7 Å². The van der Waals surface area contributed by atoms with Gasteiger partial charge in [-0.05, 0) is 12.8 Å². The van der Waals surface area contributed by atoms with Gasteiger partial charge in [0.15, 0.2) is 0 Å². The summed E-state index contributed by atoms with van der Waals surface area (Å²) >= 11 is 0. The molecule has 0 saturated heterocycles. The average Bonchev–Trinajstić information content (AvgIpc) is 2.25. The molecule has 0 heterocycles. The van der Waals surface area contributed by atoms with Gasteiger partial charge in [-0.1, -0.05) is 6.08 Å². The van der Waals surface area contributed by atoms with Crippen molar-refractivity contribution in [3.05, 3.63) is 12.7 Å². The number of esters is 1. The Hall–Kier alpha value is -1.36. The number of hydrogen-bond acceptors (Lipinski definition) is 4. The van der Waals surface area contributed by atoms with Crippen LogP contribution in [-0.2, 0) is 14.3 Å². The molecule has 0 aromatic carbocycles. The topological polar surface area (TPSA) is 81.4 Å². The molecular formula is C10H18N2O3. The Balaban J connectivity index is 3.61. The van der Waals surface area contributed by atoms with Gasteiger partial charge in [-0.3, -0.25) is 9.59 Å². The highest BCUT2D eigenvalue weighted by molar-refractivity contribution is 5.79. The van der Waals surface area contributed by atoms with Gasteiger partial charge < -0.3 is 15.8 Å². The van der Waals surface area contributed by atoms with Crippen LogP contribution in [0.1, 0.15) is 19.3 Å². The van der Waals surface area contributed by atoms with Gasteiger partial charge >= 0.3 is 5.97 Å². The van der Waals surface area contributed by atoms with Crippen LogP contribution >= 0.6 is 0 Å². The molecule has 3 N–H and O–H groups in total. The molecular weight excluding hydrogens is 196 g/mol. The molecule has 0 spiro atoms. The van der Waals surface area contributed by atoms with Crippen molar-refractivity contribution in [1.82, 2.24) is 5.32 Å². The molecule has 86 valence electrons. The third kappa shape index (κ3) is 6.68. The first-order valence-electron chi connectivity index (χ1n) is 4.82. The fourth-order valence-corrected chi connectivity index (χ4v) is 0.958. The van der Waals surface area contributed by atoms with Crippen LogP contribution in [0.2, 0.25) is 0 Å². The van der Waals surface area contributed by atoms with E-state index in [4.69, 9.17) is 5.73 Å². The highest BCUT2D eigenvalue weighted by Crippen LogP contribution is 1.96. The molecule has 0 unspecified atom stereocenters. The van der Waals surface area contributed by atoms with E-state index in [0.717, 1.165) is 6.42 Å². The molecule has 0 saturated carbocycles. The van der Waals surface area contributed by atoms with Gasteiger partial charge in [-0.15, -0.1) is 6.58 Å². The second-order valence-corrected chi connectivity index (χ2v) is 3.10. The van der Waals surface area contributed by atoms with Crippen molar-refractivity contribution in [2.45, 2.75) is 25.3 Å². The Morgan fingerprint density at radius 3 is 2.80 bits per heavy atom. The van der Waals surface area contributed by atoms with Crippen molar-refractivity contribution in [2.75, 3.05) is 13.7 Å². The van der Waals surface area contributed by atoms with Gasteiger partial charge in [0.25, 0.3) is 0 Å². The minimum atomic E-state index is -0.722. The Morgan fingerprint density at radius 1 is 1.60 bits per heavy atom. The van der Waals surface area contributed by atoms with Crippen LogP contribution in [-0.4, -0.2) is 31.6 Å². The number of nitrogens with one attached hydrogen (secondary N) is 1. The third-order valence-corrected chi connectivity index (χ3v) is 1.86. The second kappa shape index (κ2) is 7.99. The molecule has 0 radical (unpaired) electrons. The van der Waals surface area contributed by atoms with Crippen molar-refractivity contribution in [2.24, 2.45) is 5.73 Å². The number of carbonyl (C=O) groups is 2. The van der Waals surface area contributed by atoms with Crippen LogP contribution < -0.4 is 11.1 Å². The van der Waals surface area contributed by atoms with Gasteiger partial charge in [-0.25, -0.2) is 0 Å². The lowest BCUT2D eigenvalue weighted by molar-refractivity contribution is -0.142. The molecule has 0 rings (SSSR count). The van der Waals surface area contributed by atoms with Gasteiger partial charge in [0.1, 0.15) is 6.04 Å². The molecule has 0 aromatic heterocycles. The molecule has 15 heavy (non-hydrogen) atoms. The molecule has 0 bridgehead atoms. The molecule has 0 aromatic rings. The second-order valence-electron chi connectivity index (χ2n) is 3.10. The maximum Gasteiger partial charge on any atom is 0.322 e. The van der Waals surface area contributed by atoms with Crippen molar-refractivity contribution in [1.29, 1.82) is 0 Å². The molecule has 5 nitrogen and oxygen atoms in total. The predicted molar refractivity (Wildman–Crippen MR) is 57.0 cm³/mol. The summed E-state index contributed by atoms with van der Waals surface area (Å²) in [5, 5.41) is 2.68. The first kappa shape index (κ1) is 13.6. The van der Waals surface area contributed by atoms with Crippen LogP contribution in [0, 0.1) is 0 Å². The molecule has 0 fully saturated rings. The van der Waals surface area contributed by atoms with Crippen LogP contribution in [0.15, 0.2) is 12.7 Å². The number of nitrogens with two attached hydrogens (primary N) is 1. The SMILES string of the molecule is C=CCCNC(=O)CC[C@H](N)C(=O)OC. The van der Waals surface area contributed by atoms with Crippen molar-refractivity contribution >= 4 is 11.9 Å². The quantitative estimate of drug-likeness (QED) is 0.354. The fourth-order valence-electron chi connectivity index (χ4n) is 0.958. The summed E-state index contributed by atoms with van der Waals surface area (Å²) in [7, 11) is 1.27. The van der Waals surface area contributed by atoms with Crippen LogP contribution in [0.25, 0.3) is 0 Å². The van der Waals surface area contributed by atoms with E-state index >= 15 is 0 Å². The molecule has 5 heteroatoms. The number of amides is 1. The summed E-state index contributed by atoms with van der Waals surface area (Å²) in [6.45, 7) is 4.10. The first-order valence-corrected chi connectivity index (χ1v) is 4.82. The summed E-state index contributed by atoms with van der Waals surface area (Å²) in [4.78, 5) is 22.1. The minimum absolute atomic E-state index is 0.115. The zero-order valence-corrected chi connectivity index (χ0v) is 8.99. The summed E-state index contributed by atoms with van der Waals surface area (Å²) < 4.78 is 4.43. The van der Waals surface area contributed by atoms with Crippen molar-refractivity contribution in [3.8, 4) is 0 Å². The van der Waals surface area contributed by atoms with E-state index in [9.17, 15) is 9.59 Å². The minimum Gasteiger partial charge on any atom is -0.468 e. The lowest BCUT2D eigenvalue weighted by Crippen LogP contribution is -2.33. The summed E-state index contributed by atoms with van der Waals surface area (Å²) in [6.07, 6.45) is 2.98. The molecule has 1 amide bonds.